The minimum absolute atomic E-state index is 0.0945. The van der Waals surface area contributed by atoms with Crippen molar-refractivity contribution in [2.24, 2.45) is 7.05 Å². The number of phenols is 1. The van der Waals surface area contributed by atoms with E-state index in [1.165, 1.54) is 21.3 Å². The second-order valence-electron chi connectivity index (χ2n) is 8.72. The smallest absolute Gasteiger partial charge is 0.332 e. The second kappa shape index (κ2) is 9.20. The summed E-state index contributed by atoms with van der Waals surface area (Å²) in [7, 11) is 1.64. The van der Waals surface area contributed by atoms with E-state index in [-0.39, 0.29) is 22.0 Å². The molecule has 0 radical (unpaired) electrons. The van der Waals surface area contributed by atoms with Crippen molar-refractivity contribution >= 4 is 17.4 Å². The van der Waals surface area contributed by atoms with Crippen molar-refractivity contribution in [1.82, 2.24) is 14.1 Å². The van der Waals surface area contributed by atoms with Crippen LogP contribution in [0.5, 0.6) is 5.75 Å². The average molecular weight is 495 g/mol. The number of hydrogen-bond acceptors (Lipinski definition) is 5. The average Bonchev–Trinajstić information content (AvgIpc) is 3.18. The molecule has 0 saturated carbocycles. The highest BCUT2D eigenvalue weighted by Crippen LogP contribution is 2.41. The first-order valence-corrected chi connectivity index (χ1v) is 11.7. The third-order valence-electron chi connectivity index (χ3n) is 6.32. The van der Waals surface area contributed by atoms with Gasteiger partial charge < -0.3 is 19.7 Å². The molecule has 4 aromatic rings. The van der Waals surface area contributed by atoms with Crippen LogP contribution >= 0.6 is 11.6 Å². The van der Waals surface area contributed by atoms with E-state index in [9.17, 15) is 19.4 Å². The Labute approximate surface area is 206 Å². The molecule has 2 N–H and O–H groups in total. The van der Waals surface area contributed by atoms with Crippen molar-refractivity contribution in [2.45, 2.75) is 18.9 Å². The van der Waals surface area contributed by atoms with Gasteiger partial charge in [0.25, 0.3) is 0 Å². The number of halogens is 2. The third-order valence-corrected chi connectivity index (χ3v) is 6.62. The summed E-state index contributed by atoms with van der Waals surface area (Å²) in [6.07, 6.45) is 6.05. The highest BCUT2D eigenvalue weighted by atomic mass is 35.5. The number of aryl methyl sites for hydroxylation is 1. The van der Waals surface area contributed by atoms with Crippen LogP contribution in [-0.4, -0.2) is 43.5 Å². The molecule has 2 aromatic heterocycles. The number of aliphatic hydroxyl groups excluding tert-OH is 1. The summed E-state index contributed by atoms with van der Waals surface area (Å²) in [5.74, 6) is 0.0501. The maximum Gasteiger partial charge on any atom is 0.332 e. The molecule has 1 fully saturated rings. The summed E-state index contributed by atoms with van der Waals surface area (Å²) in [4.78, 5) is 18.7. The topological polar surface area (TPSA) is 83.5 Å². The minimum atomic E-state index is -0.515. The number of anilines is 1. The summed E-state index contributed by atoms with van der Waals surface area (Å²) in [6.45, 7) is 1.25. The van der Waals surface area contributed by atoms with E-state index in [4.69, 9.17) is 11.6 Å². The molecular formula is C26H24ClFN4O3. The Morgan fingerprint density at radius 2 is 1.83 bits per heavy atom. The number of pyridine rings is 1. The number of benzene rings is 2. The minimum Gasteiger partial charge on any atom is -0.507 e. The lowest BCUT2D eigenvalue weighted by Crippen LogP contribution is -2.38. The predicted octanol–water partition coefficient (Wildman–Crippen LogP) is 4.36. The normalized spacial score (nSPS) is 16.0. The molecule has 0 spiro atoms. The molecule has 1 saturated heterocycles. The Balaban J connectivity index is 1.54. The molecule has 0 bridgehead atoms. The van der Waals surface area contributed by atoms with Crippen LogP contribution in [0.2, 0.25) is 5.02 Å². The number of hydrogen-bond donors (Lipinski definition) is 2. The highest BCUT2D eigenvalue weighted by Gasteiger charge is 2.21. The molecule has 1 aliphatic heterocycles. The summed E-state index contributed by atoms with van der Waals surface area (Å²) in [6, 6.07) is 11.0. The van der Waals surface area contributed by atoms with Gasteiger partial charge in [0.05, 0.1) is 16.8 Å². The second-order valence-corrected chi connectivity index (χ2v) is 9.13. The molecule has 7 nitrogen and oxygen atoms in total. The molecule has 35 heavy (non-hydrogen) atoms. The lowest BCUT2D eigenvalue weighted by Gasteiger charge is -2.31. The fourth-order valence-corrected chi connectivity index (χ4v) is 4.75. The molecule has 3 heterocycles. The van der Waals surface area contributed by atoms with E-state index in [0.29, 0.717) is 34.7 Å². The van der Waals surface area contributed by atoms with Gasteiger partial charge in [-0.2, -0.15) is 0 Å². The largest absolute Gasteiger partial charge is 0.507 e. The van der Waals surface area contributed by atoms with Gasteiger partial charge in [-0.25, -0.2) is 14.2 Å². The first-order chi connectivity index (χ1) is 16.8. The van der Waals surface area contributed by atoms with Crippen molar-refractivity contribution in [2.75, 3.05) is 18.0 Å². The molecule has 9 heteroatoms. The molecule has 1 atom stereocenters. The molecule has 0 unspecified atom stereocenters. The van der Waals surface area contributed by atoms with E-state index in [1.807, 2.05) is 4.90 Å². The number of β-amino-alcohol motifs (C(OH)–C–C–N with tert-alkyl or cyclic N) is 1. The first-order valence-electron chi connectivity index (χ1n) is 11.3. The van der Waals surface area contributed by atoms with E-state index >= 15 is 0 Å². The molecule has 5 rings (SSSR count). The van der Waals surface area contributed by atoms with Gasteiger partial charge in [0.1, 0.15) is 17.4 Å². The Bertz CT molecular complexity index is 1470. The maximum atomic E-state index is 14.7. The Kier molecular flexibility index (Phi) is 6.08. The van der Waals surface area contributed by atoms with Crippen molar-refractivity contribution in [3.8, 4) is 33.7 Å². The summed E-state index contributed by atoms with van der Waals surface area (Å²) in [5, 5.41) is 21.4. The standard InChI is InChI=1S/C26H24ClFN4O3/c1-30-9-10-32(26(30)35)23-5-4-16(11-22(23)27)20-13-18(28)14-21(25(20)34)17-6-7-29-24(12-17)31-8-2-3-19(33)15-31/h4-7,9-14,19,33-34H,2-3,8,15H2,1H3/t19-/m0/s1. The monoisotopic (exact) mass is 494 g/mol. The van der Waals surface area contributed by atoms with Gasteiger partial charge in [-0.1, -0.05) is 17.7 Å². The van der Waals surface area contributed by atoms with E-state index in [1.54, 1.807) is 56.0 Å². The van der Waals surface area contributed by atoms with Crippen LogP contribution in [0.1, 0.15) is 12.8 Å². The fraction of sp³-hybridized carbons (Fsp3) is 0.231. The molecular weight excluding hydrogens is 471 g/mol. The van der Waals surface area contributed by atoms with Gasteiger partial charge in [-0.05, 0) is 60.4 Å². The van der Waals surface area contributed by atoms with E-state index in [2.05, 4.69) is 4.98 Å². The van der Waals surface area contributed by atoms with Crippen molar-refractivity contribution in [1.29, 1.82) is 0 Å². The molecule has 0 aliphatic carbocycles. The van der Waals surface area contributed by atoms with Crippen LogP contribution in [0, 0.1) is 5.82 Å². The summed E-state index contributed by atoms with van der Waals surface area (Å²) in [5.41, 5.74) is 1.95. The number of phenolic OH excluding ortho intramolecular Hbond substituents is 1. The van der Waals surface area contributed by atoms with Crippen LogP contribution in [0.3, 0.4) is 0 Å². The Morgan fingerprint density at radius 3 is 2.49 bits per heavy atom. The zero-order valence-electron chi connectivity index (χ0n) is 19.0. The molecule has 1 aliphatic rings. The van der Waals surface area contributed by atoms with Gasteiger partial charge in [0.15, 0.2) is 0 Å². The van der Waals surface area contributed by atoms with Crippen molar-refractivity contribution in [3.63, 3.8) is 0 Å². The highest BCUT2D eigenvalue weighted by molar-refractivity contribution is 6.32. The lowest BCUT2D eigenvalue weighted by molar-refractivity contribution is 0.154. The Hall–Kier alpha value is -3.62. The molecule has 0 amide bonds. The number of aliphatic hydroxyl groups is 1. The molecule has 180 valence electrons. The van der Waals surface area contributed by atoms with Crippen LogP contribution in [0.25, 0.3) is 27.9 Å². The number of aromatic hydroxyl groups is 1. The number of aromatic nitrogens is 3. The number of rotatable bonds is 4. The van der Waals surface area contributed by atoms with Gasteiger partial charge in [-0.3, -0.25) is 4.57 Å². The quantitative estimate of drug-likeness (QED) is 0.440. The maximum absolute atomic E-state index is 14.7. The van der Waals surface area contributed by atoms with Crippen LogP contribution in [0.15, 0.2) is 65.8 Å². The Morgan fingerprint density at radius 1 is 1.09 bits per heavy atom. The number of piperidine rings is 1. The van der Waals surface area contributed by atoms with E-state index in [0.717, 1.165) is 19.4 Å². The zero-order valence-corrected chi connectivity index (χ0v) is 19.8. The first kappa shape index (κ1) is 23.1. The van der Waals surface area contributed by atoms with Crippen LogP contribution in [-0.2, 0) is 7.05 Å². The van der Waals surface area contributed by atoms with Gasteiger partial charge >= 0.3 is 5.69 Å². The van der Waals surface area contributed by atoms with Gasteiger partial charge in [0, 0.05) is 49.9 Å². The molecule has 2 aromatic carbocycles. The number of nitrogens with zero attached hydrogens (tertiary/aromatic N) is 4. The van der Waals surface area contributed by atoms with Crippen LogP contribution in [0.4, 0.5) is 10.2 Å². The SMILES string of the molecule is Cn1ccn(-c2ccc(-c3cc(F)cc(-c4ccnc(N5CCC[C@H](O)C5)c4)c3O)cc2Cl)c1=O. The van der Waals surface area contributed by atoms with Crippen molar-refractivity contribution in [3.05, 3.63) is 82.4 Å². The van der Waals surface area contributed by atoms with Gasteiger partial charge in [-0.15, -0.1) is 0 Å². The van der Waals surface area contributed by atoms with Crippen LogP contribution < -0.4 is 10.6 Å². The van der Waals surface area contributed by atoms with E-state index < -0.39 is 11.9 Å². The lowest BCUT2D eigenvalue weighted by atomic mass is 9.97. The van der Waals surface area contributed by atoms with Gasteiger partial charge in [0.2, 0.25) is 0 Å². The summed E-state index contributed by atoms with van der Waals surface area (Å²) >= 11 is 6.48. The van der Waals surface area contributed by atoms with Crippen molar-refractivity contribution < 1.29 is 14.6 Å². The third kappa shape index (κ3) is 4.42. The zero-order chi connectivity index (χ0) is 24.7. The number of imidazole rings is 1. The predicted molar refractivity (Wildman–Crippen MR) is 134 cm³/mol. The fourth-order valence-electron chi connectivity index (χ4n) is 4.48. The summed E-state index contributed by atoms with van der Waals surface area (Å²) < 4.78 is 17.6.